The molecule has 1 aliphatic heterocycles. The number of aryl methyl sites for hydroxylation is 2. The number of rotatable bonds is 4. The van der Waals surface area contributed by atoms with Crippen molar-refractivity contribution in [2.24, 2.45) is 0 Å². The molecule has 2 aromatic heterocycles. The third-order valence-electron chi connectivity index (χ3n) is 4.95. The highest BCUT2D eigenvalue weighted by atomic mass is 32.1. The Morgan fingerprint density at radius 3 is 3.00 bits per heavy atom. The summed E-state index contributed by atoms with van der Waals surface area (Å²) in [5.41, 5.74) is 3.04. The lowest BCUT2D eigenvalue weighted by Gasteiger charge is -2.28. The molecule has 1 N–H and O–H groups in total. The fraction of sp³-hybridized carbons (Fsp3) is 0.350. The SMILES string of the molecule is CCc1cc2c(=O)n(CC(=O)Nc3ccc4c(c3)N(C)CCC4)cnc2s1. The summed E-state index contributed by atoms with van der Waals surface area (Å²) in [5, 5.41) is 3.49. The van der Waals surface area contributed by atoms with Crippen molar-refractivity contribution in [3.05, 3.63) is 51.4 Å². The van der Waals surface area contributed by atoms with E-state index in [1.165, 1.54) is 27.8 Å². The summed E-state index contributed by atoms with van der Waals surface area (Å²) >= 11 is 1.53. The first kappa shape index (κ1) is 17.7. The van der Waals surface area contributed by atoms with Gasteiger partial charge in [-0.2, -0.15) is 0 Å². The number of thiophene rings is 1. The molecule has 1 amide bonds. The number of hydrogen-bond donors (Lipinski definition) is 1. The van der Waals surface area contributed by atoms with E-state index < -0.39 is 0 Å². The molecule has 140 valence electrons. The van der Waals surface area contributed by atoms with Crippen LogP contribution < -0.4 is 15.8 Å². The van der Waals surface area contributed by atoms with Gasteiger partial charge in [-0.25, -0.2) is 4.98 Å². The smallest absolute Gasteiger partial charge is 0.262 e. The van der Waals surface area contributed by atoms with Gasteiger partial charge in [-0.3, -0.25) is 14.2 Å². The average molecular weight is 382 g/mol. The van der Waals surface area contributed by atoms with Crippen molar-refractivity contribution < 1.29 is 4.79 Å². The number of aromatic nitrogens is 2. The molecule has 0 atom stereocenters. The summed E-state index contributed by atoms with van der Waals surface area (Å²) in [7, 11) is 2.06. The van der Waals surface area contributed by atoms with Gasteiger partial charge >= 0.3 is 0 Å². The first-order valence-electron chi connectivity index (χ1n) is 9.17. The van der Waals surface area contributed by atoms with E-state index >= 15 is 0 Å². The van der Waals surface area contributed by atoms with Crippen molar-refractivity contribution in [3.63, 3.8) is 0 Å². The van der Waals surface area contributed by atoms with E-state index in [2.05, 4.69) is 28.3 Å². The Kier molecular flexibility index (Phi) is 4.70. The van der Waals surface area contributed by atoms with Gasteiger partial charge in [-0.05, 0) is 43.0 Å². The van der Waals surface area contributed by atoms with Crippen molar-refractivity contribution in [1.29, 1.82) is 0 Å². The van der Waals surface area contributed by atoms with E-state index in [1.54, 1.807) is 0 Å². The van der Waals surface area contributed by atoms with Gasteiger partial charge in [0.05, 0.1) is 11.7 Å². The molecule has 4 rings (SSSR count). The van der Waals surface area contributed by atoms with Crippen LogP contribution in [0.1, 0.15) is 23.8 Å². The van der Waals surface area contributed by atoms with Gasteiger partial charge in [0.15, 0.2) is 0 Å². The lowest BCUT2D eigenvalue weighted by molar-refractivity contribution is -0.116. The molecule has 0 unspecified atom stereocenters. The highest BCUT2D eigenvalue weighted by Crippen LogP contribution is 2.29. The Labute approximate surface area is 161 Å². The first-order chi connectivity index (χ1) is 13.0. The average Bonchev–Trinajstić information content (AvgIpc) is 3.09. The lowest BCUT2D eigenvalue weighted by atomic mass is 10.0. The quantitative estimate of drug-likeness (QED) is 0.753. The number of anilines is 2. The molecule has 0 aliphatic carbocycles. The van der Waals surface area contributed by atoms with Gasteiger partial charge in [0, 0.05) is 29.8 Å². The second-order valence-electron chi connectivity index (χ2n) is 6.88. The Hall–Kier alpha value is -2.67. The van der Waals surface area contributed by atoms with Gasteiger partial charge in [0.2, 0.25) is 5.91 Å². The topological polar surface area (TPSA) is 67.2 Å². The second-order valence-corrected chi connectivity index (χ2v) is 7.99. The number of amides is 1. The molecule has 0 radical (unpaired) electrons. The summed E-state index contributed by atoms with van der Waals surface area (Å²) < 4.78 is 1.37. The van der Waals surface area contributed by atoms with Crippen LogP contribution in [-0.4, -0.2) is 29.1 Å². The highest BCUT2D eigenvalue weighted by Gasteiger charge is 2.15. The Morgan fingerprint density at radius 1 is 1.33 bits per heavy atom. The maximum Gasteiger partial charge on any atom is 0.262 e. The minimum atomic E-state index is -0.234. The van der Waals surface area contributed by atoms with E-state index in [4.69, 9.17) is 0 Å². The molecular formula is C20H22N4O2S. The largest absolute Gasteiger partial charge is 0.374 e. The van der Waals surface area contributed by atoms with Crippen molar-refractivity contribution in [3.8, 4) is 0 Å². The van der Waals surface area contributed by atoms with E-state index in [0.29, 0.717) is 5.39 Å². The van der Waals surface area contributed by atoms with Crippen LogP contribution in [0, 0.1) is 0 Å². The highest BCUT2D eigenvalue weighted by molar-refractivity contribution is 7.18. The van der Waals surface area contributed by atoms with Gasteiger partial charge in [-0.15, -0.1) is 11.3 Å². The minimum Gasteiger partial charge on any atom is -0.374 e. The molecule has 0 saturated heterocycles. The molecule has 3 heterocycles. The summed E-state index contributed by atoms with van der Waals surface area (Å²) in [4.78, 5) is 33.5. The molecular weight excluding hydrogens is 360 g/mol. The summed E-state index contributed by atoms with van der Waals surface area (Å²) in [5.74, 6) is -0.234. The molecule has 1 aromatic carbocycles. The van der Waals surface area contributed by atoms with Crippen LogP contribution in [0.4, 0.5) is 11.4 Å². The zero-order valence-electron chi connectivity index (χ0n) is 15.5. The van der Waals surface area contributed by atoms with E-state index in [1.807, 2.05) is 25.1 Å². The Bertz CT molecular complexity index is 1070. The molecule has 1 aliphatic rings. The van der Waals surface area contributed by atoms with Crippen molar-refractivity contribution in [2.75, 3.05) is 23.8 Å². The maximum atomic E-state index is 12.6. The Morgan fingerprint density at radius 2 is 2.19 bits per heavy atom. The van der Waals surface area contributed by atoms with E-state index in [0.717, 1.165) is 46.9 Å². The zero-order chi connectivity index (χ0) is 19.0. The molecule has 0 bridgehead atoms. The predicted molar refractivity (Wildman–Crippen MR) is 110 cm³/mol. The molecule has 6 nitrogen and oxygen atoms in total. The molecule has 27 heavy (non-hydrogen) atoms. The molecule has 7 heteroatoms. The number of carbonyl (C=O) groups is 1. The Balaban J connectivity index is 1.53. The van der Waals surface area contributed by atoms with Gasteiger partial charge in [-0.1, -0.05) is 13.0 Å². The van der Waals surface area contributed by atoms with Crippen molar-refractivity contribution in [1.82, 2.24) is 9.55 Å². The molecule has 3 aromatic rings. The first-order valence-corrected chi connectivity index (χ1v) is 9.98. The summed E-state index contributed by atoms with van der Waals surface area (Å²) in [6.45, 7) is 3.02. The van der Waals surface area contributed by atoms with Gasteiger partial charge in [0.25, 0.3) is 5.56 Å². The van der Waals surface area contributed by atoms with Crippen LogP contribution in [-0.2, 0) is 24.2 Å². The van der Waals surface area contributed by atoms with Crippen molar-refractivity contribution in [2.45, 2.75) is 32.7 Å². The fourth-order valence-electron chi connectivity index (χ4n) is 3.49. The number of nitrogens with one attached hydrogen (secondary N) is 1. The number of carbonyl (C=O) groups excluding carboxylic acids is 1. The zero-order valence-corrected chi connectivity index (χ0v) is 16.3. The normalized spacial score (nSPS) is 13.6. The fourth-order valence-corrected chi connectivity index (χ4v) is 4.41. The predicted octanol–water partition coefficient (Wildman–Crippen LogP) is 3.04. The van der Waals surface area contributed by atoms with E-state index in [-0.39, 0.29) is 18.0 Å². The summed E-state index contributed by atoms with van der Waals surface area (Å²) in [6, 6.07) is 7.87. The number of benzene rings is 1. The van der Waals surface area contributed by atoms with Crippen LogP contribution in [0.5, 0.6) is 0 Å². The third kappa shape index (κ3) is 3.47. The molecule has 0 saturated carbocycles. The van der Waals surface area contributed by atoms with Crippen molar-refractivity contribution >= 4 is 38.8 Å². The van der Waals surface area contributed by atoms with Crippen LogP contribution in [0.3, 0.4) is 0 Å². The molecule has 0 fully saturated rings. The number of nitrogens with zero attached hydrogens (tertiary/aromatic N) is 3. The van der Waals surface area contributed by atoms with Crippen LogP contribution in [0.25, 0.3) is 10.2 Å². The van der Waals surface area contributed by atoms with Crippen LogP contribution >= 0.6 is 11.3 Å². The maximum absolute atomic E-state index is 12.6. The molecule has 0 spiro atoms. The summed E-state index contributed by atoms with van der Waals surface area (Å²) in [6.07, 6.45) is 4.54. The van der Waals surface area contributed by atoms with Crippen LogP contribution in [0.15, 0.2) is 35.4 Å². The lowest BCUT2D eigenvalue weighted by Crippen LogP contribution is -2.28. The van der Waals surface area contributed by atoms with Crippen LogP contribution in [0.2, 0.25) is 0 Å². The second kappa shape index (κ2) is 7.15. The number of fused-ring (bicyclic) bond motifs is 2. The minimum absolute atomic E-state index is 0.0496. The number of hydrogen-bond acceptors (Lipinski definition) is 5. The van der Waals surface area contributed by atoms with Gasteiger partial charge < -0.3 is 10.2 Å². The monoisotopic (exact) mass is 382 g/mol. The standard InChI is InChI=1S/C20H22N4O2S/c1-3-15-10-16-19(27-15)21-12-24(20(16)26)11-18(25)22-14-7-6-13-5-4-8-23(2)17(13)9-14/h6-7,9-10,12H,3-5,8,11H2,1-2H3,(H,22,25). The van der Waals surface area contributed by atoms with E-state index in [9.17, 15) is 9.59 Å². The third-order valence-corrected chi connectivity index (χ3v) is 6.14. The van der Waals surface area contributed by atoms with Gasteiger partial charge in [0.1, 0.15) is 11.4 Å².